The molecular weight excluding hydrogens is 555 g/mol. The fourth-order valence-electron chi connectivity index (χ4n) is 6.41. The van der Waals surface area contributed by atoms with Crippen molar-refractivity contribution in [3.63, 3.8) is 0 Å². The lowest BCUT2D eigenvalue weighted by molar-refractivity contribution is -0.00860. The van der Waals surface area contributed by atoms with E-state index in [0.717, 1.165) is 34.9 Å². The van der Waals surface area contributed by atoms with E-state index in [1.165, 1.54) is 18.7 Å². The van der Waals surface area contributed by atoms with Gasteiger partial charge in [0, 0.05) is 60.3 Å². The van der Waals surface area contributed by atoms with Crippen LogP contribution in [0.2, 0.25) is 0 Å². The number of piperidine rings is 1. The first-order chi connectivity index (χ1) is 19.8. The normalized spacial score (nSPS) is 26.5. The maximum absolute atomic E-state index is 15.0. The number of nitrogens with one attached hydrogen (secondary N) is 1. The van der Waals surface area contributed by atoms with Crippen LogP contribution in [-0.2, 0) is 9.84 Å². The van der Waals surface area contributed by atoms with Gasteiger partial charge in [-0.3, -0.25) is 0 Å². The third kappa shape index (κ3) is 5.65. The Bertz CT molecular complexity index is 1610. The molecule has 6 rings (SSSR count). The molecule has 0 spiro atoms. The number of alkyl halides is 1. The Morgan fingerprint density at radius 2 is 1.93 bits per heavy atom. The summed E-state index contributed by atoms with van der Waals surface area (Å²) in [6, 6.07) is 6.49. The highest BCUT2D eigenvalue weighted by Gasteiger charge is 2.40. The van der Waals surface area contributed by atoms with E-state index < -0.39 is 21.6 Å². The smallest absolute Gasteiger partial charge is 0.227 e. The van der Waals surface area contributed by atoms with Crippen molar-refractivity contribution in [2.24, 2.45) is 5.92 Å². The SMILES string of the molecule is CC(C)c1ccc(N2C[C@H](CS(C)(=O)=O)[C@H]2C)c2cnc(Nc3nc(N4CC[C@@H](O)[C@@](C)(F)C4)ncc3C3CC3)cc12. The maximum Gasteiger partial charge on any atom is 0.227 e. The third-order valence-corrected chi connectivity index (χ3v) is 10.2. The molecule has 1 saturated carbocycles. The van der Waals surface area contributed by atoms with Gasteiger partial charge in [-0.25, -0.2) is 22.8 Å². The predicted molar refractivity (Wildman–Crippen MR) is 165 cm³/mol. The van der Waals surface area contributed by atoms with Gasteiger partial charge in [-0.05, 0) is 68.0 Å². The molecule has 2 saturated heterocycles. The van der Waals surface area contributed by atoms with Gasteiger partial charge >= 0.3 is 0 Å². The fraction of sp³-hybridized carbons (Fsp3) is 0.581. The van der Waals surface area contributed by atoms with E-state index in [1.807, 2.05) is 12.4 Å². The number of pyridine rings is 1. The molecule has 2 aliphatic heterocycles. The van der Waals surface area contributed by atoms with Crippen LogP contribution >= 0.6 is 0 Å². The molecule has 4 atom stereocenters. The highest BCUT2D eigenvalue weighted by atomic mass is 32.2. The first-order valence-corrected chi connectivity index (χ1v) is 17.0. The topological polar surface area (TPSA) is 112 Å². The summed E-state index contributed by atoms with van der Waals surface area (Å²) < 4.78 is 38.7. The van der Waals surface area contributed by atoms with Gasteiger partial charge in [-0.2, -0.15) is 4.98 Å². The van der Waals surface area contributed by atoms with Crippen LogP contribution in [0.25, 0.3) is 10.8 Å². The standard InChI is InChI=1S/C31H41FN6O3S/c1-18(2)22-8-9-26(38-15-21(19(38)3)16-42(5,40)41)25-14-33-28(12-23(22)25)35-29-24(20-6-7-20)13-34-30(36-29)37-11-10-27(39)31(4,32)17-37/h8-9,12-14,18-21,27,39H,6-7,10-11,15-17H2,1-5H3,(H,33,34,35,36)/t19-,21-,27-,31+/m1/s1. The van der Waals surface area contributed by atoms with Gasteiger partial charge in [0.25, 0.3) is 0 Å². The molecular formula is C31H41FN6O3S. The summed E-state index contributed by atoms with van der Waals surface area (Å²) in [4.78, 5) is 18.3. The second-order valence-electron chi connectivity index (χ2n) is 13.1. The number of aliphatic hydroxyl groups excluding tert-OH is 1. The number of anilines is 4. The van der Waals surface area contributed by atoms with Gasteiger partial charge in [-0.15, -0.1) is 0 Å². The molecule has 0 amide bonds. The summed E-state index contributed by atoms with van der Waals surface area (Å²) in [5.41, 5.74) is 1.58. The number of rotatable bonds is 8. The summed E-state index contributed by atoms with van der Waals surface area (Å²) in [6.07, 6.45) is 6.53. The molecule has 3 aliphatic rings. The van der Waals surface area contributed by atoms with Gasteiger partial charge < -0.3 is 20.2 Å². The van der Waals surface area contributed by atoms with Crippen molar-refractivity contribution in [1.82, 2.24) is 15.0 Å². The largest absolute Gasteiger partial charge is 0.390 e. The van der Waals surface area contributed by atoms with E-state index in [4.69, 9.17) is 9.97 Å². The number of hydrogen-bond acceptors (Lipinski definition) is 9. The molecule has 0 unspecified atom stereocenters. The molecule has 1 aliphatic carbocycles. The fourth-order valence-corrected chi connectivity index (χ4v) is 7.57. The van der Waals surface area contributed by atoms with Gasteiger partial charge in [0.15, 0.2) is 5.67 Å². The van der Waals surface area contributed by atoms with Crippen molar-refractivity contribution in [1.29, 1.82) is 0 Å². The van der Waals surface area contributed by atoms with Crippen LogP contribution in [0.3, 0.4) is 0 Å². The molecule has 3 fully saturated rings. The number of aliphatic hydroxyl groups is 1. The average Bonchev–Trinajstić information content (AvgIpc) is 3.76. The minimum Gasteiger partial charge on any atom is -0.390 e. The predicted octanol–water partition coefficient (Wildman–Crippen LogP) is 4.94. The van der Waals surface area contributed by atoms with Crippen molar-refractivity contribution in [2.75, 3.05) is 46.8 Å². The van der Waals surface area contributed by atoms with Crippen LogP contribution in [0.1, 0.15) is 69.9 Å². The van der Waals surface area contributed by atoms with Crippen LogP contribution in [0.5, 0.6) is 0 Å². The first kappa shape index (κ1) is 29.0. The molecule has 0 bridgehead atoms. The quantitative estimate of drug-likeness (QED) is 0.374. The second kappa shape index (κ2) is 10.6. The van der Waals surface area contributed by atoms with Crippen LogP contribution in [-0.4, -0.2) is 77.9 Å². The van der Waals surface area contributed by atoms with Gasteiger partial charge in [0.1, 0.15) is 21.5 Å². The minimum absolute atomic E-state index is 0.0328. The summed E-state index contributed by atoms with van der Waals surface area (Å²) in [6.45, 7) is 9.07. The highest BCUT2D eigenvalue weighted by Crippen LogP contribution is 2.44. The molecule has 2 aromatic heterocycles. The molecule has 3 aromatic rings. The average molecular weight is 597 g/mol. The molecule has 226 valence electrons. The molecule has 4 heterocycles. The Kier molecular flexibility index (Phi) is 7.32. The molecule has 42 heavy (non-hydrogen) atoms. The van der Waals surface area contributed by atoms with E-state index in [9.17, 15) is 17.9 Å². The van der Waals surface area contributed by atoms with Crippen LogP contribution in [0.15, 0.2) is 30.6 Å². The zero-order chi connectivity index (χ0) is 30.0. The van der Waals surface area contributed by atoms with E-state index in [-0.39, 0.29) is 24.3 Å². The number of fused-ring (bicyclic) bond motifs is 1. The van der Waals surface area contributed by atoms with E-state index in [0.29, 0.717) is 48.9 Å². The number of hydrogen-bond donors (Lipinski definition) is 2. The van der Waals surface area contributed by atoms with Gasteiger partial charge in [-0.1, -0.05) is 19.9 Å². The van der Waals surface area contributed by atoms with Crippen molar-refractivity contribution < 1.29 is 17.9 Å². The minimum atomic E-state index is -3.03. The Balaban J connectivity index is 1.32. The first-order valence-electron chi connectivity index (χ1n) is 14.9. The van der Waals surface area contributed by atoms with E-state index >= 15 is 0 Å². The van der Waals surface area contributed by atoms with Crippen LogP contribution in [0, 0.1) is 5.92 Å². The lowest BCUT2D eigenvalue weighted by Crippen LogP contribution is -2.57. The molecule has 11 heteroatoms. The molecule has 1 aromatic carbocycles. The highest BCUT2D eigenvalue weighted by molar-refractivity contribution is 7.90. The summed E-state index contributed by atoms with van der Waals surface area (Å²) in [7, 11) is -3.03. The molecule has 0 radical (unpaired) electrons. The number of nitrogens with zero attached hydrogens (tertiary/aromatic N) is 5. The summed E-state index contributed by atoms with van der Waals surface area (Å²) >= 11 is 0. The lowest BCUT2D eigenvalue weighted by atomic mass is 9.88. The van der Waals surface area contributed by atoms with Crippen LogP contribution in [0.4, 0.5) is 27.7 Å². The van der Waals surface area contributed by atoms with E-state index in [2.05, 4.69) is 54.2 Å². The summed E-state index contributed by atoms with van der Waals surface area (Å²) in [5, 5.41) is 15.7. The van der Waals surface area contributed by atoms with Crippen molar-refractivity contribution in [3.05, 3.63) is 41.7 Å². The Morgan fingerprint density at radius 1 is 1.17 bits per heavy atom. The Morgan fingerprint density at radius 3 is 2.57 bits per heavy atom. The third-order valence-electron chi connectivity index (χ3n) is 9.18. The zero-order valence-electron chi connectivity index (χ0n) is 25.0. The monoisotopic (exact) mass is 596 g/mol. The summed E-state index contributed by atoms with van der Waals surface area (Å²) in [5.74, 6) is 2.79. The van der Waals surface area contributed by atoms with Crippen molar-refractivity contribution in [3.8, 4) is 0 Å². The number of halogens is 1. The maximum atomic E-state index is 15.0. The molecule has 9 nitrogen and oxygen atoms in total. The Hall–Kier alpha value is -3.05. The van der Waals surface area contributed by atoms with Crippen molar-refractivity contribution >= 4 is 43.9 Å². The number of aromatic nitrogens is 3. The van der Waals surface area contributed by atoms with Gasteiger partial charge in [0.05, 0.1) is 18.4 Å². The molecule has 2 N–H and O–H groups in total. The zero-order valence-corrected chi connectivity index (χ0v) is 25.8. The van der Waals surface area contributed by atoms with E-state index in [1.54, 1.807) is 4.90 Å². The lowest BCUT2D eigenvalue weighted by Gasteiger charge is -2.48. The van der Waals surface area contributed by atoms with Crippen LogP contribution < -0.4 is 15.1 Å². The van der Waals surface area contributed by atoms with Gasteiger partial charge in [0.2, 0.25) is 5.95 Å². The number of sulfone groups is 1. The second-order valence-corrected chi connectivity index (χ2v) is 15.3. The van der Waals surface area contributed by atoms with Crippen molar-refractivity contribution in [2.45, 2.75) is 76.6 Å². The number of benzene rings is 1. The Labute approximate surface area is 247 Å².